The molecule has 3 aromatic rings. The highest BCUT2D eigenvalue weighted by Gasteiger charge is 2.44. The summed E-state index contributed by atoms with van der Waals surface area (Å²) in [7, 11) is 1.51. The molecule has 0 saturated carbocycles. The van der Waals surface area contributed by atoms with E-state index in [9.17, 15) is 9.59 Å². The van der Waals surface area contributed by atoms with Crippen LogP contribution in [0, 0.1) is 0 Å². The molecule has 2 aliphatic heterocycles. The molecule has 6 nitrogen and oxygen atoms in total. The first-order chi connectivity index (χ1) is 17.1. The molecule has 0 unspecified atom stereocenters. The van der Waals surface area contributed by atoms with Crippen molar-refractivity contribution < 1.29 is 19.2 Å². The zero-order valence-electron chi connectivity index (χ0n) is 19.5. The normalized spacial score (nSPS) is 17.0. The molecular formula is C28H27ClN3O3+. The van der Waals surface area contributed by atoms with Crippen LogP contribution in [0.2, 0.25) is 0 Å². The number of ether oxygens (including phenoxy) is 1. The molecule has 0 radical (unpaired) electrons. The lowest BCUT2D eigenvalue weighted by Gasteiger charge is -2.38. The van der Waals surface area contributed by atoms with E-state index in [-0.39, 0.29) is 16.8 Å². The quantitative estimate of drug-likeness (QED) is 0.542. The van der Waals surface area contributed by atoms with E-state index in [1.165, 1.54) is 23.1 Å². The van der Waals surface area contributed by atoms with Gasteiger partial charge in [-0.25, -0.2) is 4.90 Å². The first-order valence-corrected chi connectivity index (χ1v) is 12.1. The van der Waals surface area contributed by atoms with Gasteiger partial charge in [-0.3, -0.25) is 9.59 Å². The van der Waals surface area contributed by atoms with Crippen molar-refractivity contribution in [2.45, 2.75) is 6.04 Å². The van der Waals surface area contributed by atoms with Crippen molar-refractivity contribution in [2.75, 3.05) is 38.2 Å². The SMILES string of the molecule is COc1ccccc1N1C(=O)C(Cl)=C(N2CC[NH+](C(c3ccccc3)c3ccccc3)CC2)C1=O. The van der Waals surface area contributed by atoms with Crippen molar-refractivity contribution in [3.63, 3.8) is 0 Å². The zero-order valence-corrected chi connectivity index (χ0v) is 20.2. The Bertz CT molecular complexity index is 1220. The van der Waals surface area contributed by atoms with E-state index >= 15 is 0 Å². The van der Waals surface area contributed by atoms with Gasteiger partial charge < -0.3 is 14.5 Å². The molecule has 3 aromatic carbocycles. The Labute approximate surface area is 210 Å². The average molecular weight is 489 g/mol. The monoisotopic (exact) mass is 488 g/mol. The van der Waals surface area contributed by atoms with E-state index in [1.54, 1.807) is 24.3 Å². The molecular weight excluding hydrogens is 462 g/mol. The lowest BCUT2D eigenvalue weighted by molar-refractivity contribution is -0.929. The lowest BCUT2D eigenvalue weighted by atomic mass is 9.96. The number of halogens is 1. The Morgan fingerprint density at radius 2 is 1.34 bits per heavy atom. The van der Waals surface area contributed by atoms with Gasteiger partial charge in [-0.1, -0.05) is 84.4 Å². The Morgan fingerprint density at radius 3 is 1.91 bits per heavy atom. The van der Waals surface area contributed by atoms with Gasteiger partial charge in [0.2, 0.25) is 0 Å². The molecule has 7 heteroatoms. The van der Waals surface area contributed by atoms with Crippen LogP contribution in [0.3, 0.4) is 0 Å². The minimum atomic E-state index is -0.516. The Kier molecular flexibility index (Phi) is 6.57. The van der Waals surface area contributed by atoms with E-state index in [0.717, 1.165) is 18.0 Å². The molecule has 2 heterocycles. The molecule has 5 rings (SSSR count). The van der Waals surface area contributed by atoms with Gasteiger partial charge in [0.1, 0.15) is 22.5 Å². The summed E-state index contributed by atoms with van der Waals surface area (Å²) in [6.07, 6.45) is 0. The Morgan fingerprint density at radius 1 is 0.800 bits per heavy atom. The summed E-state index contributed by atoms with van der Waals surface area (Å²) in [6, 6.07) is 28.2. The second kappa shape index (κ2) is 9.94. The van der Waals surface area contributed by atoms with E-state index in [2.05, 4.69) is 48.5 Å². The van der Waals surface area contributed by atoms with Gasteiger partial charge in [0, 0.05) is 11.1 Å². The van der Waals surface area contributed by atoms with Crippen molar-refractivity contribution in [1.82, 2.24) is 4.90 Å². The van der Waals surface area contributed by atoms with Gasteiger partial charge in [0.15, 0.2) is 0 Å². The van der Waals surface area contributed by atoms with Crippen LogP contribution in [0.4, 0.5) is 5.69 Å². The first kappa shape index (κ1) is 23.1. The predicted octanol–water partition coefficient (Wildman–Crippen LogP) is 3.01. The molecule has 0 aromatic heterocycles. The van der Waals surface area contributed by atoms with Gasteiger partial charge >= 0.3 is 0 Å². The molecule has 35 heavy (non-hydrogen) atoms. The molecule has 178 valence electrons. The highest BCUT2D eigenvalue weighted by molar-refractivity contribution is 6.52. The maximum atomic E-state index is 13.4. The van der Waals surface area contributed by atoms with Crippen molar-refractivity contribution >= 4 is 29.1 Å². The van der Waals surface area contributed by atoms with E-state index in [1.807, 2.05) is 17.0 Å². The number of benzene rings is 3. The summed E-state index contributed by atoms with van der Waals surface area (Å²) in [4.78, 5) is 30.9. The van der Waals surface area contributed by atoms with Crippen LogP contribution in [0.1, 0.15) is 17.2 Å². The summed E-state index contributed by atoms with van der Waals surface area (Å²) >= 11 is 6.47. The second-order valence-electron chi connectivity index (χ2n) is 8.68. The van der Waals surface area contributed by atoms with Crippen LogP contribution in [0.5, 0.6) is 5.75 Å². The fraction of sp³-hybridized carbons (Fsp3) is 0.214. The number of amides is 2. The summed E-state index contributed by atoms with van der Waals surface area (Å²) in [5.74, 6) is -0.476. The molecule has 0 spiro atoms. The number of nitrogens with one attached hydrogen (secondary N) is 1. The van der Waals surface area contributed by atoms with Gasteiger partial charge in [0.25, 0.3) is 11.8 Å². The minimum absolute atomic E-state index is 0.0352. The molecule has 1 N–H and O–H groups in total. The molecule has 0 bridgehead atoms. The number of imide groups is 1. The van der Waals surface area contributed by atoms with E-state index < -0.39 is 11.8 Å². The molecule has 0 atom stereocenters. The third-order valence-electron chi connectivity index (χ3n) is 6.73. The van der Waals surface area contributed by atoms with Gasteiger partial charge in [-0.05, 0) is 12.1 Å². The second-order valence-corrected chi connectivity index (χ2v) is 9.06. The van der Waals surface area contributed by atoms with Gasteiger partial charge in [-0.2, -0.15) is 0 Å². The topological polar surface area (TPSA) is 54.3 Å². The van der Waals surface area contributed by atoms with Crippen LogP contribution < -0.4 is 14.5 Å². The number of anilines is 1. The Balaban J connectivity index is 1.37. The number of nitrogens with zero attached hydrogens (tertiary/aromatic N) is 2. The number of carbonyl (C=O) groups is 2. The maximum Gasteiger partial charge on any atom is 0.283 e. The van der Waals surface area contributed by atoms with Crippen LogP contribution in [-0.2, 0) is 9.59 Å². The highest BCUT2D eigenvalue weighted by atomic mass is 35.5. The predicted molar refractivity (Wildman–Crippen MR) is 135 cm³/mol. The van der Waals surface area contributed by atoms with Crippen LogP contribution >= 0.6 is 11.6 Å². The largest absolute Gasteiger partial charge is 0.495 e. The van der Waals surface area contributed by atoms with Crippen molar-refractivity contribution in [1.29, 1.82) is 0 Å². The van der Waals surface area contributed by atoms with Gasteiger partial charge in [0.05, 0.1) is 39.0 Å². The minimum Gasteiger partial charge on any atom is -0.495 e. The average Bonchev–Trinajstić information content (AvgIpc) is 3.13. The molecule has 1 saturated heterocycles. The van der Waals surface area contributed by atoms with E-state index in [4.69, 9.17) is 16.3 Å². The Hall–Kier alpha value is -3.61. The number of carbonyl (C=O) groups excluding carboxylic acids is 2. The van der Waals surface area contributed by atoms with E-state index in [0.29, 0.717) is 24.5 Å². The summed E-state index contributed by atoms with van der Waals surface area (Å²) in [5, 5.41) is -0.0352. The summed E-state index contributed by atoms with van der Waals surface area (Å²) in [6.45, 7) is 2.85. The number of piperazine rings is 1. The number of rotatable bonds is 6. The smallest absolute Gasteiger partial charge is 0.283 e. The van der Waals surface area contributed by atoms with Crippen molar-refractivity contribution in [2.24, 2.45) is 0 Å². The lowest BCUT2D eigenvalue weighted by Crippen LogP contribution is -3.15. The number of quaternary nitrogens is 1. The fourth-order valence-corrected chi connectivity index (χ4v) is 5.34. The standard InChI is InChI=1S/C28H26ClN3O3/c1-35-23-15-9-8-14-22(23)32-27(33)24(29)26(28(32)34)31-18-16-30(17-19-31)25(20-10-4-2-5-11-20)21-12-6-3-7-13-21/h2-15,25H,16-19H2,1H3/p+1. The molecule has 0 aliphatic carbocycles. The van der Waals surface area contributed by atoms with Crippen molar-refractivity contribution in [3.8, 4) is 5.75 Å². The number of para-hydroxylation sites is 2. The fourth-order valence-electron chi connectivity index (χ4n) is 5.06. The van der Waals surface area contributed by atoms with Gasteiger partial charge in [-0.15, -0.1) is 0 Å². The third kappa shape index (κ3) is 4.31. The molecule has 2 amide bonds. The first-order valence-electron chi connectivity index (χ1n) is 11.7. The number of hydrogen-bond acceptors (Lipinski definition) is 4. The van der Waals surface area contributed by atoms with Crippen LogP contribution in [0.15, 0.2) is 95.7 Å². The number of methoxy groups -OCH3 is 1. The molecule has 1 fully saturated rings. The number of hydrogen-bond donors (Lipinski definition) is 1. The summed E-state index contributed by atoms with van der Waals surface area (Å²) in [5.41, 5.74) is 3.19. The van der Waals surface area contributed by atoms with Crippen LogP contribution in [0.25, 0.3) is 0 Å². The van der Waals surface area contributed by atoms with Crippen molar-refractivity contribution in [3.05, 3.63) is 107 Å². The molecule has 2 aliphatic rings. The summed E-state index contributed by atoms with van der Waals surface area (Å²) < 4.78 is 5.37. The highest BCUT2D eigenvalue weighted by Crippen LogP contribution is 2.36. The van der Waals surface area contributed by atoms with Crippen LogP contribution in [-0.4, -0.2) is 50.0 Å². The maximum absolute atomic E-state index is 13.4. The third-order valence-corrected chi connectivity index (χ3v) is 7.07. The zero-order chi connectivity index (χ0) is 24.4.